The zero-order valence-corrected chi connectivity index (χ0v) is 13.0. The monoisotopic (exact) mass is 307 g/mol. The Morgan fingerprint density at radius 3 is 2.86 bits per heavy atom. The van der Waals surface area contributed by atoms with E-state index in [1.54, 1.807) is 16.8 Å². The highest BCUT2D eigenvalue weighted by Gasteiger charge is 2.20. The van der Waals surface area contributed by atoms with Crippen LogP contribution in [0.3, 0.4) is 0 Å². The number of nitrogens with one attached hydrogen (secondary N) is 1. The van der Waals surface area contributed by atoms with Crippen LogP contribution in [0, 0.1) is 0 Å². The van der Waals surface area contributed by atoms with E-state index in [0.29, 0.717) is 29.6 Å². The van der Waals surface area contributed by atoms with E-state index in [2.05, 4.69) is 24.3 Å². The number of aromatic nitrogens is 2. The molecule has 2 aromatic rings. The maximum Gasteiger partial charge on any atom is 0.221 e. The number of hydrogen-bond donors (Lipinski definition) is 1. The van der Waals surface area contributed by atoms with E-state index >= 15 is 0 Å². The van der Waals surface area contributed by atoms with Crippen LogP contribution >= 0.6 is 11.6 Å². The van der Waals surface area contributed by atoms with Crippen molar-refractivity contribution in [3.05, 3.63) is 40.5 Å². The third-order valence-electron chi connectivity index (χ3n) is 3.05. The molecule has 1 amide bonds. The largest absolute Gasteiger partial charge is 0.439 e. The maximum atomic E-state index is 10.5. The summed E-state index contributed by atoms with van der Waals surface area (Å²) in [6.45, 7) is 4.50. The van der Waals surface area contributed by atoms with E-state index in [9.17, 15) is 4.79 Å². The van der Waals surface area contributed by atoms with Gasteiger partial charge in [0.25, 0.3) is 0 Å². The Hall–Kier alpha value is -2.01. The molecule has 0 radical (unpaired) electrons. The van der Waals surface area contributed by atoms with Crippen LogP contribution in [0.25, 0.3) is 0 Å². The molecule has 0 bridgehead atoms. The van der Waals surface area contributed by atoms with Gasteiger partial charge in [0.1, 0.15) is 5.75 Å². The standard InChI is InChI=1S/C15H18ClN3O2/c1-10(2)14-13(8-17-9-20)18-19(3)15(14)21-12-6-4-5-11(16)7-12/h4-7,9-10H,8H2,1-3H3,(H,17,20). The van der Waals surface area contributed by atoms with Gasteiger partial charge < -0.3 is 10.1 Å². The summed E-state index contributed by atoms with van der Waals surface area (Å²) in [5.74, 6) is 1.54. The maximum absolute atomic E-state index is 10.5. The fourth-order valence-electron chi connectivity index (χ4n) is 2.19. The number of hydrogen-bond acceptors (Lipinski definition) is 3. The molecular weight excluding hydrogens is 290 g/mol. The normalized spacial score (nSPS) is 10.7. The summed E-state index contributed by atoms with van der Waals surface area (Å²) >= 11 is 5.98. The molecule has 1 aromatic carbocycles. The number of aryl methyl sites for hydroxylation is 1. The summed E-state index contributed by atoms with van der Waals surface area (Å²) in [4.78, 5) is 10.5. The molecular formula is C15H18ClN3O2. The van der Waals surface area contributed by atoms with Gasteiger partial charge in [0.2, 0.25) is 12.3 Å². The van der Waals surface area contributed by atoms with Crippen LogP contribution in [0.15, 0.2) is 24.3 Å². The fourth-order valence-corrected chi connectivity index (χ4v) is 2.37. The van der Waals surface area contributed by atoms with Crippen molar-refractivity contribution in [2.45, 2.75) is 26.3 Å². The van der Waals surface area contributed by atoms with Gasteiger partial charge in [-0.05, 0) is 24.1 Å². The first-order chi connectivity index (χ1) is 10.0. The molecule has 112 valence electrons. The van der Waals surface area contributed by atoms with Crippen molar-refractivity contribution in [2.24, 2.45) is 7.05 Å². The summed E-state index contributed by atoms with van der Waals surface area (Å²) in [6, 6.07) is 7.22. The van der Waals surface area contributed by atoms with Crippen LogP contribution in [0.2, 0.25) is 5.02 Å². The predicted octanol–water partition coefficient (Wildman–Crippen LogP) is 3.24. The van der Waals surface area contributed by atoms with Gasteiger partial charge >= 0.3 is 0 Å². The van der Waals surface area contributed by atoms with Crippen LogP contribution < -0.4 is 10.1 Å². The Morgan fingerprint density at radius 1 is 1.48 bits per heavy atom. The molecule has 1 aromatic heterocycles. The van der Waals surface area contributed by atoms with Crippen molar-refractivity contribution in [1.29, 1.82) is 0 Å². The summed E-state index contributed by atoms with van der Waals surface area (Å²) in [6.07, 6.45) is 0.663. The van der Waals surface area contributed by atoms with Crippen LogP contribution in [-0.4, -0.2) is 16.2 Å². The second-order valence-electron chi connectivity index (χ2n) is 5.00. The molecule has 0 aliphatic rings. The van der Waals surface area contributed by atoms with Gasteiger partial charge in [-0.2, -0.15) is 5.10 Å². The molecule has 0 aliphatic carbocycles. The van der Waals surface area contributed by atoms with Crippen molar-refractivity contribution < 1.29 is 9.53 Å². The molecule has 0 fully saturated rings. The van der Waals surface area contributed by atoms with Gasteiger partial charge in [-0.15, -0.1) is 0 Å². The molecule has 2 rings (SSSR count). The molecule has 0 unspecified atom stereocenters. The molecule has 1 N–H and O–H groups in total. The second kappa shape index (κ2) is 6.63. The lowest BCUT2D eigenvalue weighted by Crippen LogP contribution is -2.12. The van der Waals surface area contributed by atoms with Crippen molar-refractivity contribution in [3.8, 4) is 11.6 Å². The van der Waals surface area contributed by atoms with E-state index in [0.717, 1.165) is 11.3 Å². The number of carbonyl (C=O) groups is 1. The highest BCUT2D eigenvalue weighted by atomic mass is 35.5. The Balaban J connectivity index is 2.37. The molecule has 0 atom stereocenters. The van der Waals surface area contributed by atoms with Crippen LogP contribution in [-0.2, 0) is 18.4 Å². The van der Waals surface area contributed by atoms with Gasteiger partial charge in [-0.25, -0.2) is 4.68 Å². The van der Waals surface area contributed by atoms with Crippen molar-refractivity contribution >= 4 is 18.0 Å². The molecule has 6 heteroatoms. The average molecular weight is 308 g/mol. The molecule has 0 saturated carbocycles. The van der Waals surface area contributed by atoms with Gasteiger partial charge in [0, 0.05) is 17.6 Å². The van der Waals surface area contributed by atoms with Crippen molar-refractivity contribution in [1.82, 2.24) is 15.1 Å². The minimum absolute atomic E-state index is 0.219. The average Bonchev–Trinajstić information content (AvgIpc) is 2.73. The van der Waals surface area contributed by atoms with Crippen molar-refractivity contribution in [3.63, 3.8) is 0 Å². The minimum atomic E-state index is 0.219. The molecule has 5 nitrogen and oxygen atoms in total. The number of benzene rings is 1. The fraction of sp³-hybridized carbons (Fsp3) is 0.333. The first kappa shape index (κ1) is 15.4. The second-order valence-corrected chi connectivity index (χ2v) is 5.44. The quantitative estimate of drug-likeness (QED) is 0.834. The molecule has 0 aliphatic heterocycles. The highest BCUT2D eigenvalue weighted by molar-refractivity contribution is 6.30. The number of amides is 1. The van der Waals surface area contributed by atoms with E-state index in [1.165, 1.54) is 0 Å². The van der Waals surface area contributed by atoms with E-state index in [1.807, 2.05) is 19.2 Å². The Labute approximate surface area is 128 Å². The van der Waals surface area contributed by atoms with Gasteiger partial charge in [0.15, 0.2) is 0 Å². The predicted molar refractivity (Wildman–Crippen MR) is 81.7 cm³/mol. The summed E-state index contributed by atoms with van der Waals surface area (Å²) in [5, 5.41) is 7.68. The smallest absolute Gasteiger partial charge is 0.221 e. The van der Waals surface area contributed by atoms with Crippen LogP contribution in [0.5, 0.6) is 11.6 Å². The molecule has 0 spiro atoms. The first-order valence-electron chi connectivity index (χ1n) is 6.69. The molecule has 1 heterocycles. The van der Waals surface area contributed by atoms with Gasteiger partial charge in [0.05, 0.1) is 12.2 Å². The highest BCUT2D eigenvalue weighted by Crippen LogP contribution is 2.33. The Bertz CT molecular complexity index is 638. The number of rotatable bonds is 6. The SMILES string of the molecule is CC(C)c1c(CNC=O)nn(C)c1Oc1cccc(Cl)c1. The lowest BCUT2D eigenvalue weighted by molar-refractivity contribution is -0.109. The van der Waals surface area contributed by atoms with Crippen LogP contribution in [0.4, 0.5) is 0 Å². The van der Waals surface area contributed by atoms with Gasteiger partial charge in [-0.1, -0.05) is 31.5 Å². The zero-order valence-electron chi connectivity index (χ0n) is 12.3. The third-order valence-corrected chi connectivity index (χ3v) is 3.28. The first-order valence-corrected chi connectivity index (χ1v) is 7.07. The van der Waals surface area contributed by atoms with Gasteiger partial charge in [-0.3, -0.25) is 4.79 Å². The lowest BCUT2D eigenvalue weighted by atomic mass is 10.0. The third kappa shape index (κ3) is 3.55. The Kier molecular flexibility index (Phi) is 4.85. The summed E-state index contributed by atoms with van der Waals surface area (Å²) in [5.41, 5.74) is 1.78. The van der Waals surface area contributed by atoms with E-state index < -0.39 is 0 Å². The number of carbonyl (C=O) groups excluding carboxylic acids is 1. The molecule has 0 saturated heterocycles. The molecule has 21 heavy (non-hydrogen) atoms. The topological polar surface area (TPSA) is 56.2 Å². The number of halogens is 1. The summed E-state index contributed by atoms with van der Waals surface area (Å²) < 4.78 is 7.62. The lowest BCUT2D eigenvalue weighted by Gasteiger charge is -2.11. The Morgan fingerprint density at radius 2 is 2.24 bits per heavy atom. The zero-order chi connectivity index (χ0) is 15.4. The van der Waals surface area contributed by atoms with E-state index in [4.69, 9.17) is 16.3 Å². The number of ether oxygens (including phenoxy) is 1. The van der Waals surface area contributed by atoms with Crippen LogP contribution in [0.1, 0.15) is 31.0 Å². The minimum Gasteiger partial charge on any atom is -0.439 e. The summed E-state index contributed by atoms with van der Waals surface area (Å²) in [7, 11) is 1.82. The number of nitrogens with zero attached hydrogens (tertiary/aromatic N) is 2. The van der Waals surface area contributed by atoms with Crippen molar-refractivity contribution in [2.75, 3.05) is 0 Å². The van der Waals surface area contributed by atoms with E-state index in [-0.39, 0.29) is 5.92 Å².